The molecule has 82 valence electrons. The molecule has 0 unspecified atom stereocenters. The molecule has 0 bridgehead atoms. The van der Waals surface area contributed by atoms with Crippen molar-refractivity contribution in [1.29, 1.82) is 5.26 Å². The van der Waals surface area contributed by atoms with Crippen molar-refractivity contribution in [3.8, 4) is 6.07 Å². The van der Waals surface area contributed by atoms with Gasteiger partial charge in [0.05, 0.1) is 15.9 Å². The zero-order chi connectivity index (χ0) is 11.5. The number of hydrogen-bond donors (Lipinski definition) is 0. The van der Waals surface area contributed by atoms with Gasteiger partial charge in [-0.1, -0.05) is 23.2 Å². The second-order valence-corrected chi connectivity index (χ2v) is 6.69. The molecule has 0 radical (unpaired) electrons. The van der Waals surface area contributed by atoms with Crippen LogP contribution in [0.25, 0.3) is 0 Å². The zero-order valence-electron chi connectivity index (χ0n) is 7.18. The molecule has 2 rings (SSSR count). The highest BCUT2D eigenvalue weighted by Gasteiger charge is 2.18. The van der Waals surface area contributed by atoms with Crippen LogP contribution in [-0.2, 0) is 0 Å². The Bertz CT molecular complexity index is 578. The van der Waals surface area contributed by atoms with Crippen LogP contribution in [0.4, 0.5) is 0 Å². The SMILES string of the molecule is N#C/C(N=c1ssnc1Cl)=C1\SSN=C1Cl. The molecule has 0 saturated heterocycles. The van der Waals surface area contributed by atoms with Gasteiger partial charge in [-0.2, -0.15) is 14.0 Å². The number of hydrogen-bond acceptors (Lipinski definition) is 8. The van der Waals surface area contributed by atoms with E-state index < -0.39 is 0 Å². The molecule has 10 heteroatoms. The summed E-state index contributed by atoms with van der Waals surface area (Å²) >= 11 is 11.6. The Hall–Kier alpha value is -0.0400. The lowest BCUT2D eigenvalue weighted by molar-refractivity contribution is 1.29. The molecule has 2 heterocycles. The lowest BCUT2D eigenvalue weighted by Crippen LogP contribution is -1.98. The number of halogens is 2. The van der Waals surface area contributed by atoms with E-state index in [0.29, 0.717) is 19.9 Å². The third-order valence-electron chi connectivity index (χ3n) is 1.37. The Balaban J connectivity index is 2.52. The summed E-state index contributed by atoms with van der Waals surface area (Å²) in [7, 11) is 5.03. The minimum atomic E-state index is 0.210. The van der Waals surface area contributed by atoms with Crippen LogP contribution in [0.2, 0.25) is 5.15 Å². The molecule has 1 aromatic rings. The van der Waals surface area contributed by atoms with Crippen molar-refractivity contribution in [1.82, 2.24) is 4.37 Å². The van der Waals surface area contributed by atoms with Crippen LogP contribution in [0.1, 0.15) is 0 Å². The van der Waals surface area contributed by atoms with Crippen LogP contribution in [0.15, 0.2) is 20.0 Å². The highest BCUT2D eigenvalue weighted by molar-refractivity contribution is 8.78. The van der Waals surface area contributed by atoms with E-state index in [-0.39, 0.29) is 5.70 Å². The first-order valence-electron chi connectivity index (χ1n) is 3.60. The van der Waals surface area contributed by atoms with Crippen molar-refractivity contribution in [2.75, 3.05) is 0 Å². The quantitative estimate of drug-likeness (QED) is 0.450. The summed E-state index contributed by atoms with van der Waals surface area (Å²) in [5.74, 6) is 0. The minimum absolute atomic E-state index is 0.210. The van der Waals surface area contributed by atoms with Crippen molar-refractivity contribution >= 4 is 71.0 Å². The molecule has 0 saturated carbocycles. The summed E-state index contributed by atoms with van der Waals surface area (Å²) < 4.78 is 8.27. The fourth-order valence-electron chi connectivity index (χ4n) is 0.755. The van der Waals surface area contributed by atoms with E-state index in [0.717, 1.165) is 0 Å². The highest BCUT2D eigenvalue weighted by atomic mass is 35.5. The Morgan fingerprint density at radius 1 is 1.44 bits per heavy atom. The summed E-state index contributed by atoms with van der Waals surface area (Å²) in [6, 6.07) is 1.98. The van der Waals surface area contributed by atoms with Gasteiger partial charge in [0, 0.05) is 10.5 Å². The third kappa shape index (κ3) is 2.61. The summed E-state index contributed by atoms with van der Waals surface area (Å²) in [5.41, 5.74) is 0.210. The summed E-state index contributed by atoms with van der Waals surface area (Å²) in [4.78, 5) is 4.68. The van der Waals surface area contributed by atoms with Crippen LogP contribution in [0.3, 0.4) is 0 Å². The van der Waals surface area contributed by atoms with Gasteiger partial charge in [0.25, 0.3) is 0 Å². The molecule has 0 atom stereocenters. The van der Waals surface area contributed by atoms with Gasteiger partial charge in [0.1, 0.15) is 6.07 Å². The van der Waals surface area contributed by atoms with Crippen molar-refractivity contribution in [2.24, 2.45) is 9.39 Å². The van der Waals surface area contributed by atoms with Gasteiger partial charge in [-0.15, -0.1) is 0 Å². The number of nitriles is 1. The average Bonchev–Trinajstić information content (AvgIpc) is 2.85. The van der Waals surface area contributed by atoms with Crippen LogP contribution < -0.4 is 4.67 Å². The van der Waals surface area contributed by atoms with E-state index in [1.54, 1.807) is 0 Å². The molecule has 0 fully saturated rings. The molecular formula is C6Cl2N4S4. The minimum Gasteiger partial charge on any atom is -0.221 e. The maximum atomic E-state index is 9.00. The van der Waals surface area contributed by atoms with Gasteiger partial charge in [0.15, 0.2) is 20.7 Å². The second-order valence-electron chi connectivity index (χ2n) is 2.29. The van der Waals surface area contributed by atoms with E-state index in [9.17, 15) is 0 Å². The first kappa shape index (κ1) is 12.4. The van der Waals surface area contributed by atoms with Crippen molar-refractivity contribution in [2.45, 2.75) is 0 Å². The van der Waals surface area contributed by atoms with Crippen molar-refractivity contribution in [3.05, 3.63) is 20.4 Å². The van der Waals surface area contributed by atoms with Crippen molar-refractivity contribution < 1.29 is 0 Å². The molecule has 0 spiro atoms. The summed E-state index contributed by atoms with van der Waals surface area (Å²) in [6.45, 7) is 0. The topological polar surface area (TPSA) is 61.4 Å². The van der Waals surface area contributed by atoms with Gasteiger partial charge >= 0.3 is 0 Å². The van der Waals surface area contributed by atoms with E-state index in [1.165, 1.54) is 42.7 Å². The molecule has 0 amide bonds. The molecule has 4 nitrogen and oxygen atoms in total. The smallest absolute Gasteiger partial charge is 0.179 e. The molecule has 1 aromatic heterocycles. The molecule has 0 aromatic carbocycles. The predicted octanol–water partition coefficient (Wildman–Crippen LogP) is 3.44. The Kier molecular flexibility index (Phi) is 4.29. The Morgan fingerprint density at radius 3 is 2.75 bits per heavy atom. The monoisotopic (exact) mass is 326 g/mol. The van der Waals surface area contributed by atoms with Crippen molar-refractivity contribution in [3.63, 3.8) is 0 Å². The van der Waals surface area contributed by atoms with Crippen LogP contribution >= 0.6 is 65.9 Å². The number of rotatable bonds is 1. The largest absolute Gasteiger partial charge is 0.221 e. The Labute approximate surface area is 116 Å². The standard InChI is InChI=1S/C6Cl2N4S4/c7-4-3(13-15-11-4)2(1-9)10-6-5(8)12-16-14-6/b3-2+,10-6?. The van der Waals surface area contributed by atoms with E-state index in [1.807, 2.05) is 6.07 Å². The van der Waals surface area contributed by atoms with Gasteiger partial charge in [-0.25, -0.2) is 4.99 Å². The van der Waals surface area contributed by atoms with Crippen LogP contribution in [-0.4, -0.2) is 9.54 Å². The average molecular weight is 327 g/mol. The number of aromatic nitrogens is 1. The highest BCUT2D eigenvalue weighted by Crippen LogP contribution is 2.42. The number of allylic oxidation sites excluding steroid dienone is 2. The van der Waals surface area contributed by atoms with E-state index >= 15 is 0 Å². The molecule has 1 aliphatic heterocycles. The summed E-state index contributed by atoms with van der Waals surface area (Å²) in [5, 5.41) is 9.59. The summed E-state index contributed by atoms with van der Waals surface area (Å²) in [6.07, 6.45) is 0. The number of nitrogens with zero attached hydrogens (tertiary/aromatic N) is 4. The van der Waals surface area contributed by atoms with Gasteiger partial charge < -0.3 is 0 Å². The normalized spacial score (nSPS) is 19.6. The maximum absolute atomic E-state index is 9.00. The first-order chi connectivity index (χ1) is 7.72. The molecule has 0 aliphatic carbocycles. The van der Waals surface area contributed by atoms with E-state index in [4.69, 9.17) is 28.5 Å². The fraction of sp³-hybridized carbons (Fsp3) is 0. The second kappa shape index (κ2) is 5.53. The van der Waals surface area contributed by atoms with Crippen LogP contribution in [0.5, 0.6) is 0 Å². The lowest BCUT2D eigenvalue weighted by Gasteiger charge is -1.93. The van der Waals surface area contributed by atoms with Crippen LogP contribution in [0, 0.1) is 11.3 Å². The van der Waals surface area contributed by atoms with Gasteiger partial charge in [0.2, 0.25) is 0 Å². The van der Waals surface area contributed by atoms with Gasteiger partial charge in [-0.3, -0.25) is 0 Å². The third-order valence-corrected chi connectivity index (χ3v) is 5.86. The predicted molar refractivity (Wildman–Crippen MR) is 71.7 cm³/mol. The Morgan fingerprint density at radius 2 is 2.25 bits per heavy atom. The lowest BCUT2D eigenvalue weighted by atomic mass is 10.4. The molecule has 1 aliphatic rings. The van der Waals surface area contributed by atoms with Gasteiger partial charge in [-0.05, 0) is 21.1 Å². The fourth-order valence-corrected chi connectivity index (χ4v) is 4.94. The molecule has 0 N–H and O–H groups in total. The molecular weight excluding hydrogens is 327 g/mol. The zero-order valence-corrected chi connectivity index (χ0v) is 12.0. The maximum Gasteiger partial charge on any atom is 0.179 e. The van der Waals surface area contributed by atoms with E-state index in [2.05, 4.69) is 13.8 Å². The first-order valence-corrected chi connectivity index (χ1v) is 8.57. The molecule has 16 heavy (non-hydrogen) atoms.